The number of hydrogen-bond donors (Lipinski definition) is 1. The predicted octanol–water partition coefficient (Wildman–Crippen LogP) is 2.59. The van der Waals surface area contributed by atoms with Gasteiger partial charge in [-0.1, -0.05) is 36.4 Å². The predicted molar refractivity (Wildman–Crippen MR) is 69.6 cm³/mol. The van der Waals surface area contributed by atoms with E-state index in [0.29, 0.717) is 19.4 Å². The van der Waals surface area contributed by atoms with Gasteiger partial charge in [0.05, 0.1) is 6.61 Å². The van der Waals surface area contributed by atoms with E-state index in [1.165, 1.54) is 5.56 Å². The third-order valence-corrected chi connectivity index (χ3v) is 3.47. The minimum absolute atomic E-state index is 0.352. The van der Waals surface area contributed by atoms with Crippen molar-refractivity contribution in [1.82, 2.24) is 0 Å². The highest BCUT2D eigenvalue weighted by Crippen LogP contribution is 2.32. The number of allylic oxidation sites excluding steroid dienone is 1. The van der Waals surface area contributed by atoms with Gasteiger partial charge in [0.2, 0.25) is 0 Å². The quantitative estimate of drug-likeness (QED) is 0.831. The number of carboxylic acid groups (broad SMARTS) is 1. The average molecular weight is 246 g/mol. The molecule has 3 nitrogen and oxygen atoms in total. The number of hydrogen-bond acceptors (Lipinski definition) is 2. The number of carbonyl (C=O) groups is 1. The van der Waals surface area contributed by atoms with Crippen LogP contribution in [0.5, 0.6) is 0 Å². The Morgan fingerprint density at radius 3 is 2.83 bits per heavy atom. The molecule has 0 amide bonds. The van der Waals surface area contributed by atoms with Gasteiger partial charge in [-0.25, -0.2) is 4.79 Å². The smallest absolute Gasteiger partial charge is 0.336 e. The third kappa shape index (κ3) is 2.46. The van der Waals surface area contributed by atoms with Crippen molar-refractivity contribution in [2.24, 2.45) is 0 Å². The topological polar surface area (TPSA) is 46.5 Å². The third-order valence-electron chi connectivity index (χ3n) is 3.47. The Labute approximate surface area is 107 Å². The number of aryl methyl sites for hydroxylation is 1. The van der Waals surface area contributed by atoms with E-state index in [-0.39, 0.29) is 0 Å². The van der Waals surface area contributed by atoms with Crippen molar-refractivity contribution >= 4 is 5.97 Å². The van der Waals surface area contributed by atoms with E-state index in [0.717, 1.165) is 12.0 Å². The number of carboxylic acids is 1. The second-order valence-corrected chi connectivity index (χ2v) is 4.62. The van der Waals surface area contributed by atoms with Crippen molar-refractivity contribution in [2.75, 3.05) is 6.61 Å². The van der Waals surface area contributed by atoms with Gasteiger partial charge in [0.1, 0.15) is 0 Å². The van der Waals surface area contributed by atoms with Gasteiger partial charge >= 0.3 is 5.97 Å². The molecule has 0 saturated carbocycles. The minimum Gasteiger partial charge on any atom is -0.479 e. The maximum atomic E-state index is 11.5. The first-order valence-corrected chi connectivity index (χ1v) is 6.23. The molecule has 1 N–H and O–H groups in total. The highest BCUT2D eigenvalue weighted by molar-refractivity contribution is 5.78. The number of aliphatic carboxylic acids is 1. The lowest BCUT2D eigenvalue weighted by atomic mass is 9.80. The molecule has 3 heteroatoms. The molecule has 0 heterocycles. The van der Waals surface area contributed by atoms with Crippen LogP contribution in [0.4, 0.5) is 0 Å². The van der Waals surface area contributed by atoms with Crippen LogP contribution in [0.3, 0.4) is 0 Å². The first kappa shape index (κ1) is 12.8. The van der Waals surface area contributed by atoms with Crippen LogP contribution in [0.1, 0.15) is 24.5 Å². The van der Waals surface area contributed by atoms with E-state index in [2.05, 4.69) is 6.07 Å². The lowest BCUT2D eigenvalue weighted by Gasteiger charge is -2.34. The molecule has 1 aromatic carbocycles. The molecule has 1 aliphatic rings. The van der Waals surface area contributed by atoms with Crippen LogP contribution < -0.4 is 0 Å². The van der Waals surface area contributed by atoms with Crippen molar-refractivity contribution in [3.63, 3.8) is 0 Å². The van der Waals surface area contributed by atoms with E-state index in [1.807, 2.05) is 37.3 Å². The monoisotopic (exact) mass is 246 g/mol. The number of benzene rings is 1. The van der Waals surface area contributed by atoms with Crippen LogP contribution in [0.15, 0.2) is 36.4 Å². The fraction of sp³-hybridized carbons (Fsp3) is 0.400. The summed E-state index contributed by atoms with van der Waals surface area (Å²) >= 11 is 0. The average Bonchev–Trinajstić information content (AvgIpc) is 2.38. The van der Waals surface area contributed by atoms with Gasteiger partial charge < -0.3 is 9.84 Å². The van der Waals surface area contributed by atoms with E-state index in [1.54, 1.807) is 0 Å². The van der Waals surface area contributed by atoms with Crippen molar-refractivity contribution < 1.29 is 14.6 Å². The fourth-order valence-electron chi connectivity index (χ4n) is 2.38. The molecule has 0 spiro atoms. The second kappa shape index (κ2) is 5.36. The first-order chi connectivity index (χ1) is 8.68. The summed E-state index contributed by atoms with van der Waals surface area (Å²) in [5.41, 5.74) is 1.27. The SMILES string of the molecule is CC=CCOC1(C(=O)O)CCc2ccccc2C1. The summed E-state index contributed by atoms with van der Waals surface area (Å²) in [6.07, 6.45) is 5.46. The summed E-state index contributed by atoms with van der Waals surface area (Å²) in [5.74, 6) is -0.860. The zero-order chi connectivity index (χ0) is 13.0. The summed E-state index contributed by atoms with van der Waals surface area (Å²) in [6, 6.07) is 7.99. The number of rotatable bonds is 4. The summed E-state index contributed by atoms with van der Waals surface area (Å²) in [4.78, 5) is 11.5. The van der Waals surface area contributed by atoms with Crippen LogP contribution in [0, 0.1) is 0 Å². The van der Waals surface area contributed by atoms with Gasteiger partial charge in [-0.3, -0.25) is 0 Å². The zero-order valence-corrected chi connectivity index (χ0v) is 10.6. The summed E-state index contributed by atoms with van der Waals surface area (Å²) in [5, 5.41) is 9.46. The Morgan fingerprint density at radius 1 is 1.44 bits per heavy atom. The molecule has 96 valence electrons. The molecular formula is C15H18O3. The van der Waals surface area contributed by atoms with Gasteiger partial charge in [-0.05, 0) is 30.9 Å². The number of fused-ring (bicyclic) bond motifs is 1. The van der Waals surface area contributed by atoms with Crippen LogP contribution >= 0.6 is 0 Å². The largest absolute Gasteiger partial charge is 0.479 e. The standard InChI is InChI=1S/C15H18O3/c1-2-3-10-18-15(14(16)17)9-8-12-6-4-5-7-13(12)11-15/h2-7H,8-11H2,1H3,(H,16,17). The van der Waals surface area contributed by atoms with Crippen LogP contribution in [0.2, 0.25) is 0 Å². The van der Waals surface area contributed by atoms with Gasteiger partial charge in [0.15, 0.2) is 5.60 Å². The molecule has 0 saturated heterocycles. The molecule has 1 aromatic rings. The molecule has 0 aliphatic heterocycles. The highest BCUT2D eigenvalue weighted by Gasteiger charge is 2.42. The zero-order valence-electron chi connectivity index (χ0n) is 10.6. The Kier molecular flexibility index (Phi) is 3.82. The highest BCUT2D eigenvalue weighted by atomic mass is 16.5. The van der Waals surface area contributed by atoms with Gasteiger partial charge in [0.25, 0.3) is 0 Å². The van der Waals surface area contributed by atoms with E-state index in [4.69, 9.17) is 4.74 Å². The molecule has 0 bridgehead atoms. The molecule has 0 aromatic heterocycles. The van der Waals surface area contributed by atoms with Crippen molar-refractivity contribution in [2.45, 2.75) is 31.8 Å². The maximum Gasteiger partial charge on any atom is 0.336 e. The molecule has 1 atom stereocenters. The summed E-state index contributed by atoms with van der Waals surface area (Å²) in [7, 11) is 0. The molecule has 0 fully saturated rings. The normalized spacial score (nSPS) is 22.9. The summed E-state index contributed by atoms with van der Waals surface area (Å²) < 4.78 is 5.64. The van der Waals surface area contributed by atoms with E-state index < -0.39 is 11.6 Å². The van der Waals surface area contributed by atoms with Crippen LogP contribution in [-0.4, -0.2) is 23.3 Å². The molecule has 18 heavy (non-hydrogen) atoms. The minimum atomic E-state index is -1.06. The van der Waals surface area contributed by atoms with Crippen molar-refractivity contribution in [3.05, 3.63) is 47.5 Å². The first-order valence-electron chi connectivity index (χ1n) is 6.23. The Balaban J connectivity index is 2.21. The molecule has 0 radical (unpaired) electrons. The molecule has 1 unspecified atom stereocenters. The van der Waals surface area contributed by atoms with Gasteiger partial charge in [-0.2, -0.15) is 0 Å². The van der Waals surface area contributed by atoms with Crippen molar-refractivity contribution in [3.8, 4) is 0 Å². The molecule has 1 aliphatic carbocycles. The fourth-order valence-corrected chi connectivity index (χ4v) is 2.38. The van der Waals surface area contributed by atoms with Crippen molar-refractivity contribution in [1.29, 1.82) is 0 Å². The van der Waals surface area contributed by atoms with Gasteiger partial charge in [-0.15, -0.1) is 0 Å². The van der Waals surface area contributed by atoms with Gasteiger partial charge in [0, 0.05) is 6.42 Å². The number of ether oxygens (including phenoxy) is 1. The molecular weight excluding hydrogens is 228 g/mol. The summed E-state index contributed by atoms with van der Waals surface area (Å²) in [6.45, 7) is 2.25. The molecule has 2 rings (SSSR count). The van der Waals surface area contributed by atoms with E-state index >= 15 is 0 Å². The van der Waals surface area contributed by atoms with Crippen LogP contribution in [0.25, 0.3) is 0 Å². The van der Waals surface area contributed by atoms with Crippen LogP contribution in [-0.2, 0) is 22.4 Å². The van der Waals surface area contributed by atoms with E-state index in [9.17, 15) is 9.90 Å². The second-order valence-electron chi connectivity index (χ2n) is 4.62. The Morgan fingerprint density at radius 2 is 2.17 bits per heavy atom. The maximum absolute atomic E-state index is 11.5. The Bertz CT molecular complexity index is 465. The lowest BCUT2D eigenvalue weighted by molar-refractivity contribution is -0.166. The Hall–Kier alpha value is -1.61. The lowest BCUT2D eigenvalue weighted by Crippen LogP contribution is -2.46.